The van der Waals surface area contributed by atoms with Gasteiger partial charge < -0.3 is 20.8 Å². The normalized spacial score (nSPS) is 13.4. The van der Waals surface area contributed by atoms with Crippen LogP contribution in [0.2, 0.25) is 0 Å². The van der Waals surface area contributed by atoms with Gasteiger partial charge in [-0.2, -0.15) is 0 Å². The summed E-state index contributed by atoms with van der Waals surface area (Å²) in [4.78, 5) is 25.1. The summed E-state index contributed by atoms with van der Waals surface area (Å²) in [5.41, 5.74) is 7.39. The fourth-order valence-electron chi connectivity index (χ4n) is 1.99. The zero-order valence-electron chi connectivity index (χ0n) is 9.90. The Balaban J connectivity index is 2.08. The third-order valence-electron chi connectivity index (χ3n) is 2.81. The Kier molecular flexibility index (Phi) is 2.49. The van der Waals surface area contributed by atoms with E-state index in [9.17, 15) is 9.59 Å². The maximum absolute atomic E-state index is 11.4. The first kappa shape index (κ1) is 11.3. The van der Waals surface area contributed by atoms with Crippen LogP contribution in [0.4, 0.5) is 11.5 Å². The minimum atomic E-state index is -0.270. The smallest absolute Gasteiger partial charge is 0.262 e. The number of H-pyrrole nitrogens is 1. The van der Waals surface area contributed by atoms with Gasteiger partial charge in [0.2, 0.25) is 5.56 Å². The molecule has 1 aliphatic rings. The number of hydrogen-bond donors (Lipinski definition) is 3. The predicted octanol–water partition coefficient (Wildman–Crippen LogP) is 0.955. The molecule has 1 aromatic heterocycles. The molecule has 0 bridgehead atoms. The number of rotatable bonds is 1. The van der Waals surface area contributed by atoms with Gasteiger partial charge in [0.05, 0.1) is 5.69 Å². The summed E-state index contributed by atoms with van der Waals surface area (Å²) in [7, 11) is 0. The van der Waals surface area contributed by atoms with E-state index in [0.29, 0.717) is 22.8 Å². The van der Waals surface area contributed by atoms with Gasteiger partial charge in [-0.15, -0.1) is 0 Å². The average molecular weight is 257 g/mol. The van der Waals surface area contributed by atoms with Crippen LogP contribution in [0.15, 0.2) is 35.1 Å². The average Bonchev–Trinajstić information content (AvgIpc) is 2.36. The lowest BCUT2D eigenvalue weighted by molar-refractivity contribution is -0.118. The van der Waals surface area contributed by atoms with E-state index < -0.39 is 0 Å². The summed E-state index contributed by atoms with van der Waals surface area (Å²) >= 11 is 0. The van der Waals surface area contributed by atoms with E-state index in [1.165, 1.54) is 6.07 Å². The highest BCUT2D eigenvalue weighted by atomic mass is 16.5. The first-order valence-corrected chi connectivity index (χ1v) is 5.69. The maximum Gasteiger partial charge on any atom is 0.262 e. The summed E-state index contributed by atoms with van der Waals surface area (Å²) in [6.45, 7) is 0.0182. The fourth-order valence-corrected chi connectivity index (χ4v) is 1.99. The zero-order chi connectivity index (χ0) is 13.4. The number of carbonyl (C=O) groups is 1. The fraction of sp³-hybridized carbons (Fsp3) is 0.0769. The molecule has 0 saturated heterocycles. The van der Waals surface area contributed by atoms with E-state index in [-0.39, 0.29) is 18.1 Å². The second-order valence-corrected chi connectivity index (χ2v) is 4.24. The highest BCUT2D eigenvalue weighted by Gasteiger charge is 2.16. The number of benzene rings is 1. The number of carbonyl (C=O) groups excluding carboxylic acids is 1. The van der Waals surface area contributed by atoms with Crippen LogP contribution in [0, 0.1) is 0 Å². The third kappa shape index (κ3) is 2.15. The topological polar surface area (TPSA) is 97.2 Å². The van der Waals surface area contributed by atoms with Gasteiger partial charge in [-0.05, 0) is 29.3 Å². The molecule has 6 heteroatoms. The molecule has 0 spiro atoms. The number of amides is 1. The standard InChI is InChI=1S/C13H11N3O3/c14-11-4-8(5-12(17)16-11)7-1-2-10-9(3-7)15-13(18)6-19-10/h1-5H,6H2,(H,15,18)(H3,14,16,17). The highest BCUT2D eigenvalue weighted by Crippen LogP contribution is 2.32. The van der Waals surface area contributed by atoms with Gasteiger partial charge in [0.1, 0.15) is 11.6 Å². The van der Waals surface area contributed by atoms with E-state index in [4.69, 9.17) is 10.5 Å². The molecule has 0 saturated carbocycles. The van der Waals surface area contributed by atoms with Crippen molar-refractivity contribution in [2.75, 3.05) is 17.7 Å². The molecular formula is C13H11N3O3. The lowest BCUT2D eigenvalue weighted by Gasteiger charge is -2.18. The SMILES string of the molecule is Nc1cc(-c2ccc3c(c2)NC(=O)CO3)cc(=O)[nH]1. The molecular weight excluding hydrogens is 246 g/mol. The van der Waals surface area contributed by atoms with E-state index in [1.54, 1.807) is 18.2 Å². The molecule has 96 valence electrons. The third-order valence-corrected chi connectivity index (χ3v) is 2.81. The van der Waals surface area contributed by atoms with Gasteiger partial charge in [-0.3, -0.25) is 9.59 Å². The molecule has 0 atom stereocenters. The molecule has 4 N–H and O–H groups in total. The number of fused-ring (bicyclic) bond motifs is 1. The minimum Gasteiger partial charge on any atom is -0.482 e. The maximum atomic E-state index is 11.4. The number of pyridine rings is 1. The molecule has 0 fully saturated rings. The van der Waals surface area contributed by atoms with Gasteiger partial charge in [-0.1, -0.05) is 6.07 Å². The first-order chi connectivity index (χ1) is 9.11. The number of nitrogens with one attached hydrogen (secondary N) is 2. The molecule has 6 nitrogen and oxygen atoms in total. The van der Waals surface area contributed by atoms with Crippen molar-refractivity contribution in [1.29, 1.82) is 0 Å². The summed E-state index contributed by atoms with van der Waals surface area (Å²) in [6.07, 6.45) is 0. The Morgan fingerprint density at radius 1 is 1.11 bits per heavy atom. The molecule has 19 heavy (non-hydrogen) atoms. The van der Waals surface area contributed by atoms with E-state index in [0.717, 1.165) is 5.56 Å². The largest absolute Gasteiger partial charge is 0.482 e. The molecule has 2 heterocycles. The lowest BCUT2D eigenvalue weighted by atomic mass is 10.1. The molecule has 0 unspecified atom stereocenters. The second kappa shape index (κ2) is 4.16. The van der Waals surface area contributed by atoms with Gasteiger partial charge in [0.25, 0.3) is 5.91 Å². The van der Waals surface area contributed by atoms with E-state index in [2.05, 4.69) is 10.3 Å². The van der Waals surface area contributed by atoms with Crippen LogP contribution in [-0.4, -0.2) is 17.5 Å². The Bertz CT molecular complexity index is 721. The molecule has 3 rings (SSSR count). The van der Waals surface area contributed by atoms with Crippen molar-refractivity contribution in [3.63, 3.8) is 0 Å². The molecule has 1 amide bonds. The first-order valence-electron chi connectivity index (χ1n) is 5.69. The number of aromatic amines is 1. The van der Waals surface area contributed by atoms with Crippen molar-refractivity contribution < 1.29 is 9.53 Å². The zero-order valence-corrected chi connectivity index (χ0v) is 9.90. The number of nitrogen functional groups attached to an aromatic ring is 1. The predicted molar refractivity (Wildman–Crippen MR) is 71.0 cm³/mol. The van der Waals surface area contributed by atoms with Crippen LogP contribution in [0.1, 0.15) is 0 Å². The van der Waals surface area contributed by atoms with E-state index in [1.807, 2.05) is 6.07 Å². The molecule has 1 aliphatic heterocycles. The molecule has 0 radical (unpaired) electrons. The summed E-state index contributed by atoms with van der Waals surface area (Å²) in [5, 5.41) is 2.72. The van der Waals surface area contributed by atoms with Gasteiger partial charge in [0, 0.05) is 6.07 Å². The Morgan fingerprint density at radius 2 is 1.95 bits per heavy atom. The molecule has 2 aromatic rings. The van der Waals surface area contributed by atoms with Crippen molar-refractivity contribution in [2.45, 2.75) is 0 Å². The molecule has 1 aromatic carbocycles. The van der Waals surface area contributed by atoms with Crippen molar-refractivity contribution in [3.05, 3.63) is 40.7 Å². The van der Waals surface area contributed by atoms with Crippen molar-refractivity contribution in [3.8, 4) is 16.9 Å². The molecule has 0 aliphatic carbocycles. The number of anilines is 2. The Hall–Kier alpha value is -2.76. The number of nitrogens with two attached hydrogens (primary N) is 1. The van der Waals surface area contributed by atoms with Crippen LogP contribution in [0.5, 0.6) is 5.75 Å². The number of ether oxygens (including phenoxy) is 1. The van der Waals surface area contributed by atoms with Gasteiger partial charge >= 0.3 is 0 Å². The van der Waals surface area contributed by atoms with Crippen LogP contribution < -0.4 is 21.3 Å². The van der Waals surface area contributed by atoms with Crippen molar-refractivity contribution in [1.82, 2.24) is 4.98 Å². The second-order valence-electron chi connectivity index (χ2n) is 4.24. The van der Waals surface area contributed by atoms with Crippen LogP contribution in [0.3, 0.4) is 0 Å². The number of aromatic nitrogens is 1. The lowest BCUT2D eigenvalue weighted by Crippen LogP contribution is -2.25. The van der Waals surface area contributed by atoms with E-state index >= 15 is 0 Å². The summed E-state index contributed by atoms with van der Waals surface area (Å²) in [5.74, 6) is 0.705. The van der Waals surface area contributed by atoms with Crippen LogP contribution in [-0.2, 0) is 4.79 Å². The Morgan fingerprint density at radius 3 is 2.74 bits per heavy atom. The van der Waals surface area contributed by atoms with Crippen LogP contribution >= 0.6 is 0 Å². The quantitative estimate of drug-likeness (QED) is 0.708. The number of hydrogen-bond acceptors (Lipinski definition) is 4. The van der Waals surface area contributed by atoms with Crippen molar-refractivity contribution >= 4 is 17.4 Å². The Labute approximate surface area is 108 Å². The van der Waals surface area contributed by atoms with Gasteiger partial charge in [-0.25, -0.2) is 0 Å². The summed E-state index contributed by atoms with van der Waals surface area (Å²) < 4.78 is 5.27. The highest BCUT2D eigenvalue weighted by molar-refractivity contribution is 5.96. The minimum absolute atomic E-state index is 0.0182. The monoisotopic (exact) mass is 257 g/mol. The summed E-state index contributed by atoms with van der Waals surface area (Å²) in [6, 6.07) is 8.42. The van der Waals surface area contributed by atoms with Gasteiger partial charge in [0.15, 0.2) is 6.61 Å². The van der Waals surface area contributed by atoms with Crippen LogP contribution in [0.25, 0.3) is 11.1 Å². The van der Waals surface area contributed by atoms with Crippen molar-refractivity contribution in [2.24, 2.45) is 0 Å².